The van der Waals surface area contributed by atoms with Gasteiger partial charge in [0.25, 0.3) is 5.91 Å². The maximum absolute atomic E-state index is 11.9. The summed E-state index contributed by atoms with van der Waals surface area (Å²) in [4.78, 5) is 20.5. The molecule has 1 aliphatic carbocycles. The molecule has 1 aromatic rings. The summed E-state index contributed by atoms with van der Waals surface area (Å²) in [6, 6.07) is 2.23. The largest absolute Gasteiger partial charge is 0.367 e. The van der Waals surface area contributed by atoms with E-state index in [2.05, 4.69) is 20.6 Å². The van der Waals surface area contributed by atoms with Crippen LogP contribution in [0, 0.1) is 6.92 Å². The Hall–Kier alpha value is -1.65. The molecule has 5 nitrogen and oxygen atoms in total. The highest BCUT2D eigenvalue weighted by atomic mass is 16.1. The maximum Gasteiger partial charge on any atom is 0.270 e. The molecule has 0 spiro atoms. The van der Waals surface area contributed by atoms with Gasteiger partial charge in [-0.25, -0.2) is 9.97 Å². The van der Waals surface area contributed by atoms with E-state index >= 15 is 0 Å². The Bertz CT molecular complexity index is 441. The fourth-order valence-corrected chi connectivity index (χ4v) is 2.37. The zero-order chi connectivity index (χ0) is 13.7. The fraction of sp³-hybridized carbons (Fsp3) is 0.643. The van der Waals surface area contributed by atoms with Crippen LogP contribution in [0.3, 0.4) is 0 Å². The highest BCUT2D eigenvalue weighted by Gasteiger charge is 2.16. The zero-order valence-electron chi connectivity index (χ0n) is 11.7. The third-order valence-electron chi connectivity index (χ3n) is 3.31. The van der Waals surface area contributed by atoms with Gasteiger partial charge in [0.05, 0.1) is 0 Å². The molecule has 2 rings (SSSR count). The molecule has 0 radical (unpaired) electrons. The van der Waals surface area contributed by atoms with Crippen LogP contribution < -0.4 is 10.6 Å². The van der Waals surface area contributed by atoms with Crippen molar-refractivity contribution in [1.82, 2.24) is 15.3 Å². The van der Waals surface area contributed by atoms with Crippen LogP contribution in [0.4, 0.5) is 5.82 Å². The van der Waals surface area contributed by atoms with Crippen molar-refractivity contribution < 1.29 is 4.79 Å². The molecule has 104 valence electrons. The van der Waals surface area contributed by atoms with Gasteiger partial charge in [-0.3, -0.25) is 4.79 Å². The fourth-order valence-electron chi connectivity index (χ4n) is 2.37. The van der Waals surface area contributed by atoms with Crippen LogP contribution in [0.1, 0.15) is 55.3 Å². The molecule has 19 heavy (non-hydrogen) atoms. The minimum atomic E-state index is -0.123. The molecule has 0 aromatic carbocycles. The molecule has 2 N–H and O–H groups in total. The first-order chi connectivity index (χ1) is 9.19. The Labute approximate surface area is 114 Å². The van der Waals surface area contributed by atoms with Crippen LogP contribution in [0.2, 0.25) is 0 Å². The van der Waals surface area contributed by atoms with Gasteiger partial charge in [0, 0.05) is 18.7 Å². The highest BCUT2D eigenvalue weighted by molar-refractivity contribution is 5.92. The molecular weight excluding hydrogens is 240 g/mol. The molecule has 0 unspecified atom stereocenters. The minimum Gasteiger partial charge on any atom is -0.367 e. The van der Waals surface area contributed by atoms with E-state index in [1.807, 2.05) is 13.8 Å². The number of anilines is 1. The Balaban J connectivity index is 2.07. The summed E-state index contributed by atoms with van der Waals surface area (Å²) in [7, 11) is 0. The van der Waals surface area contributed by atoms with Gasteiger partial charge in [0.1, 0.15) is 17.3 Å². The Morgan fingerprint density at radius 3 is 2.79 bits per heavy atom. The van der Waals surface area contributed by atoms with E-state index in [-0.39, 0.29) is 5.91 Å². The summed E-state index contributed by atoms with van der Waals surface area (Å²) in [5.74, 6) is 1.27. The quantitative estimate of drug-likeness (QED) is 0.854. The van der Waals surface area contributed by atoms with Crippen molar-refractivity contribution in [3.05, 3.63) is 17.6 Å². The van der Waals surface area contributed by atoms with Crippen LogP contribution in [-0.4, -0.2) is 28.5 Å². The van der Waals surface area contributed by atoms with Crippen molar-refractivity contribution in [2.45, 2.75) is 52.0 Å². The SMILES string of the molecule is CCCNC(=O)c1cc(NC2CCCC2)nc(C)n1. The van der Waals surface area contributed by atoms with Crippen LogP contribution in [0.15, 0.2) is 6.07 Å². The van der Waals surface area contributed by atoms with E-state index in [0.29, 0.717) is 24.1 Å². The van der Waals surface area contributed by atoms with E-state index in [1.165, 1.54) is 25.7 Å². The van der Waals surface area contributed by atoms with Gasteiger partial charge in [-0.15, -0.1) is 0 Å². The lowest BCUT2D eigenvalue weighted by Crippen LogP contribution is -2.26. The summed E-state index contributed by atoms with van der Waals surface area (Å²) in [6.45, 7) is 4.52. The number of carbonyl (C=O) groups is 1. The van der Waals surface area contributed by atoms with Gasteiger partial charge in [-0.1, -0.05) is 19.8 Å². The first kappa shape index (κ1) is 13.8. The minimum absolute atomic E-state index is 0.123. The van der Waals surface area contributed by atoms with Gasteiger partial charge in [0.2, 0.25) is 0 Å². The summed E-state index contributed by atoms with van der Waals surface area (Å²) < 4.78 is 0. The topological polar surface area (TPSA) is 66.9 Å². The van der Waals surface area contributed by atoms with Crippen molar-refractivity contribution in [2.75, 3.05) is 11.9 Å². The number of nitrogens with zero attached hydrogens (tertiary/aromatic N) is 2. The predicted molar refractivity (Wildman–Crippen MR) is 75.3 cm³/mol. The average molecular weight is 262 g/mol. The second kappa shape index (κ2) is 6.50. The molecule has 1 aliphatic rings. The lowest BCUT2D eigenvalue weighted by Gasteiger charge is -2.13. The van der Waals surface area contributed by atoms with E-state index in [4.69, 9.17) is 0 Å². The molecule has 5 heteroatoms. The number of nitrogens with one attached hydrogen (secondary N) is 2. The second-order valence-electron chi connectivity index (χ2n) is 5.07. The van der Waals surface area contributed by atoms with E-state index in [9.17, 15) is 4.79 Å². The van der Waals surface area contributed by atoms with Crippen molar-refractivity contribution >= 4 is 11.7 Å². The molecule has 1 amide bonds. The first-order valence-electron chi connectivity index (χ1n) is 7.09. The number of carbonyl (C=O) groups excluding carboxylic acids is 1. The molecule has 0 saturated heterocycles. The molecule has 1 aromatic heterocycles. The van der Waals surface area contributed by atoms with E-state index in [0.717, 1.165) is 12.2 Å². The molecular formula is C14H22N4O. The molecule has 0 aliphatic heterocycles. The van der Waals surface area contributed by atoms with Crippen molar-refractivity contribution in [3.63, 3.8) is 0 Å². The van der Waals surface area contributed by atoms with Gasteiger partial charge in [-0.2, -0.15) is 0 Å². The summed E-state index contributed by atoms with van der Waals surface area (Å²) in [5, 5.41) is 6.24. The standard InChI is InChI=1S/C14H22N4O/c1-3-8-15-14(19)12-9-13(17-10(2)16-12)18-11-6-4-5-7-11/h9,11H,3-8H2,1-2H3,(H,15,19)(H,16,17,18). The molecule has 1 fully saturated rings. The summed E-state index contributed by atoms with van der Waals surface area (Å²) in [5.41, 5.74) is 0.446. The number of amides is 1. The lowest BCUT2D eigenvalue weighted by atomic mass is 10.2. The molecule has 1 heterocycles. The number of rotatable bonds is 5. The number of aromatic nitrogens is 2. The van der Waals surface area contributed by atoms with Crippen LogP contribution in [0.25, 0.3) is 0 Å². The smallest absolute Gasteiger partial charge is 0.270 e. The molecule has 1 saturated carbocycles. The van der Waals surface area contributed by atoms with Gasteiger partial charge in [0.15, 0.2) is 0 Å². The normalized spacial score (nSPS) is 15.5. The van der Waals surface area contributed by atoms with Crippen molar-refractivity contribution in [3.8, 4) is 0 Å². The zero-order valence-corrected chi connectivity index (χ0v) is 11.7. The average Bonchev–Trinajstić information content (AvgIpc) is 2.88. The van der Waals surface area contributed by atoms with Crippen LogP contribution in [0.5, 0.6) is 0 Å². The van der Waals surface area contributed by atoms with Crippen molar-refractivity contribution in [1.29, 1.82) is 0 Å². The summed E-state index contributed by atoms with van der Waals surface area (Å²) >= 11 is 0. The molecule has 0 bridgehead atoms. The van der Waals surface area contributed by atoms with Crippen LogP contribution >= 0.6 is 0 Å². The predicted octanol–water partition coefficient (Wildman–Crippen LogP) is 2.28. The van der Waals surface area contributed by atoms with E-state index < -0.39 is 0 Å². The first-order valence-corrected chi connectivity index (χ1v) is 7.09. The van der Waals surface area contributed by atoms with E-state index in [1.54, 1.807) is 6.07 Å². The third-order valence-corrected chi connectivity index (χ3v) is 3.31. The Morgan fingerprint density at radius 2 is 2.11 bits per heavy atom. The number of hydrogen-bond acceptors (Lipinski definition) is 4. The second-order valence-corrected chi connectivity index (χ2v) is 5.07. The van der Waals surface area contributed by atoms with Crippen LogP contribution in [-0.2, 0) is 0 Å². The summed E-state index contributed by atoms with van der Waals surface area (Å²) in [6.07, 6.45) is 5.82. The Morgan fingerprint density at radius 1 is 1.37 bits per heavy atom. The van der Waals surface area contributed by atoms with Gasteiger partial charge in [-0.05, 0) is 26.2 Å². The van der Waals surface area contributed by atoms with Gasteiger partial charge < -0.3 is 10.6 Å². The highest BCUT2D eigenvalue weighted by Crippen LogP contribution is 2.21. The third kappa shape index (κ3) is 3.91. The lowest BCUT2D eigenvalue weighted by molar-refractivity contribution is 0.0948. The number of aryl methyl sites for hydroxylation is 1. The monoisotopic (exact) mass is 262 g/mol. The van der Waals surface area contributed by atoms with Crippen molar-refractivity contribution in [2.24, 2.45) is 0 Å². The maximum atomic E-state index is 11.9. The number of hydrogen-bond donors (Lipinski definition) is 2. The molecule has 0 atom stereocenters. The Kier molecular flexibility index (Phi) is 4.71. The van der Waals surface area contributed by atoms with Gasteiger partial charge >= 0.3 is 0 Å².